The third-order valence-electron chi connectivity index (χ3n) is 6.91. The molecule has 1 aromatic heterocycles. The first-order chi connectivity index (χ1) is 22.0. The Bertz CT molecular complexity index is 1840. The number of hydrogen-bond donors (Lipinski definition) is 0. The number of hydrogen-bond acceptors (Lipinski definition) is 6. The molecule has 0 radical (unpaired) electrons. The van der Waals surface area contributed by atoms with E-state index in [1.165, 1.54) is 47.0 Å². The van der Waals surface area contributed by atoms with Gasteiger partial charge in [0.1, 0.15) is 17.1 Å². The van der Waals surface area contributed by atoms with Gasteiger partial charge in [-0.3, -0.25) is 9.69 Å². The number of alkyl halides is 3. The Morgan fingerprint density at radius 1 is 1.13 bits per heavy atom. The number of benzene rings is 3. The van der Waals surface area contributed by atoms with E-state index in [1.807, 2.05) is 37.3 Å². The summed E-state index contributed by atoms with van der Waals surface area (Å²) in [6, 6.07) is 19.0. The number of carbonyl (C=O) groups is 1. The van der Waals surface area contributed by atoms with E-state index in [1.54, 1.807) is 4.90 Å². The molecule has 1 aliphatic heterocycles. The van der Waals surface area contributed by atoms with Crippen LogP contribution in [0.3, 0.4) is 0 Å². The fourth-order valence-corrected chi connectivity index (χ4v) is 5.90. The van der Waals surface area contributed by atoms with E-state index < -0.39 is 6.36 Å². The van der Waals surface area contributed by atoms with Crippen molar-refractivity contribution in [3.63, 3.8) is 0 Å². The van der Waals surface area contributed by atoms with Crippen molar-refractivity contribution >= 4 is 45.7 Å². The van der Waals surface area contributed by atoms with Gasteiger partial charge in [-0.15, -0.1) is 18.3 Å². The van der Waals surface area contributed by atoms with Crippen LogP contribution in [-0.2, 0) is 4.79 Å². The van der Waals surface area contributed by atoms with Crippen molar-refractivity contribution in [2.24, 2.45) is 4.99 Å². The van der Waals surface area contributed by atoms with Crippen LogP contribution in [0, 0.1) is 18.8 Å². The lowest BCUT2D eigenvalue weighted by molar-refractivity contribution is -0.274. The lowest BCUT2D eigenvalue weighted by Gasteiger charge is -2.22. The summed E-state index contributed by atoms with van der Waals surface area (Å²) in [5, 5.41) is 5.07. The van der Waals surface area contributed by atoms with Crippen molar-refractivity contribution in [3.05, 3.63) is 89.7 Å². The average molecular weight is 662 g/mol. The normalized spacial score (nSPS) is 14.1. The number of aromatic nitrogens is 3. The molecule has 0 aliphatic carbocycles. The number of anilines is 1. The second-order valence-corrected chi connectivity index (χ2v) is 12.2. The summed E-state index contributed by atoms with van der Waals surface area (Å²) in [4.78, 5) is 24.1. The van der Waals surface area contributed by atoms with Crippen LogP contribution in [0.2, 0.25) is 0 Å². The molecule has 2 heterocycles. The van der Waals surface area contributed by atoms with Gasteiger partial charge in [-0.25, -0.2) is 14.7 Å². The maximum absolute atomic E-state index is 12.8. The number of amidine groups is 1. The zero-order valence-corrected chi connectivity index (χ0v) is 27.0. The predicted molar refractivity (Wildman–Crippen MR) is 179 cm³/mol. The van der Waals surface area contributed by atoms with Crippen molar-refractivity contribution in [1.29, 1.82) is 0 Å². The molecule has 0 N–H and O–H groups in total. The Hall–Kier alpha value is -4.47. The van der Waals surface area contributed by atoms with Gasteiger partial charge >= 0.3 is 6.36 Å². The highest BCUT2D eigenvalue weighted by molar-refractivity contribution is 8.15. The number of aliphatic imine (C=N–C) groups is 1. The van der Waals surface area contributed by atoms with Gasteiger partial charge in [-0.2, -0.15) is 0 Å². The van der Waals surface area contributed by atoms with Gasteiger partial charge in [0.05, 0.1) is 17.1 Å². The number of nitrogens with zero attached hydrogens (tertiary/aromatic N) is 5. The minimum Gasteiger partial charge on any atom is -0.406 e. The third kappa shape index (κ3) is 8.41. The van der Waals surface area contributed by atoms with E-state index in [0.29, 0.717) is 40.3 Å². The number of carbonyl (C=O) groups excluding carboxylic acids is 1. The van der Waals surface area contributed by atoms with Gasteiger partial charge in [0.15, 0.2) is 11.0 Å². The molecule has 4 aromatic rings. The maximum Gasteiger partial charge on any atom is 0.573 e. The van der Waals surface area contributed by atoms with E-state index >= 15 is 0 Å². The smallest absolute Gasteiger partial charge is 0.406 e. The largest absolute Gasteiger partial charge is 0.573 e. The Balaban J connectivity index is 1.18. The van der Waals surface area contributed by atoms with Crippen molar-refractivity contribution in [2.45, 2.75) is 52.3 Å². The minimum absolute atomic E-state index is 0.00253. The Kier molecular flexibility index (Phi) is 10.2. The Morgan fingerprint density at radius 3 is 2.65 bits per heavy atom. The molecule has 1 amide bonds. The number of rotatable bonds is 8. The van der Waals surface area contributed by atoms with E-state index in [4.69, 9.17) is 12.2 Å². The SMILES string of the molecule is Cc1ccc(C(C)C)c(N2C(=O)CSC2=NC(=S)CCCC#Cc2cccc(-c3ncn(-c4ccc(OC(F)(F)F)cc4)n3)c2)c1. The molecule has 0 spiro atoms. The third-order valence-corrected chi connectivity index (χ3v) is 8.13. The molecule has 7 nitrogen and oxygen atoms in total. The lowest BCUT2D eigenvalue weighted by Crippen LogP contribution is -2.31. The summed E-state index contributed by atoms with van der Waals surface area (Å²) in [5.74, 6) is 7.08. The lowest BCUT2D eigenvalue weighted by atomic mass is 9.99. The molecule has 12 heteroatoms. The molecule has 1 aliphatic rings. The van der Waals surface area contributed by atoms with Crippen LogP contribution in [0.25, 0.3) is 17.1 Å². The molecule has 0 saturated carbocycles. The number of halogens is 3. The predicted octanol–water partition coefficient (Wildman–Crippen LogP) is 8.25. The number of thioether (sulfide) groups is 1. The Morgan fingerprint density at radius 2 is 1.91 bits per heavy atom. The molecule has 236 valence electrons. The number of thiocarbonyl (C=S) groups is 1. The van der Waals surface area contributed by atoms with Gasteiger partial charge in [0.25, 0.3) is 0 Å². The summed E-state index contributed by atoms with van der Waals surface area (Å²) in [7, 11) is 0. The van der Waals surface area contributed by atoms with Crippen molar-refractivity contribution < 1.29 is 22.7 Å². The van der Waals surface area contributed by atoms with Crippen LogP contribution in [0.5, 0.6) is 5.75 Å². The number of ether oxygens (including phenoxy) is 1. The minimum atomic E-state index is -4.75. The van der Waals surface area contributed by atoms with E-state index in [0.717, 1.165) is 34.4 Å². The standard InChI is InChI=1S/C34H30F3N5O2S2/c1-22(2)28-17-12-23(3)18-29(28)42-31(43)20-46-33(42)39-30(45)11-6-4-5-8-24-9-7-10-25(19-24)32-38-21-41(40-32)26-13-15-27(16-14-26)44-34(35,36)37/h7,9-10,12-19,21-22H,4,6,11,20H2,1-3H3. The molecular weight excluding hydrogens is 632 g/mol. The molecule has 0 atom stereocenters. The second kappa shape index (κ2) is 14.3. The molecule has 1 saturated heterocycles. The highest BCUT2D eigenvalue weighted by Gasteiger charge is 2.32. The molecule has 0 unspecified atom stereocenters. The molecule has 1 fully saturated rings. The van der Waals surface area contributed by atoms with E-state index in [-0.39, 0.29) is 17.6 Å². The summed E-state index contributed by atoms with van der Waals surface area (Å²) < 4.78 is 42.7. The van der Waals surface area contributed by atoms with Crippen LogP contribution in [-0.4, -0.2) is 42.9 Å². The molecule has 3 aromatic carbocycles. The highest BCUT2D eigenvalue weighted by atomic mass is 32.2. The van der Waals surface area contributed by atoms with Gasteiger partial charge in [0, 0.05) is 24.0 Å². The monoisotopic (exact) mass is 661 g/mol. The molecular formula is C34H30F3N5O2S2. The van der Waals surface area contributed by atoms with Crippen molar-refractivity contribution in [1.82, 2.24) is 14.8 Å². The molecule has 46 heavy (non-hydrogen) atoms. The van der Waals surface area contributed by atoms with Crippen LogP contribution < -0.4 is 9.64 Å². The number of aryl methyl sites for hydroxylation is 1. The zero-order chi connectivity index (χ0) is 32.8. The van der Waals surface area contributed by atoms with Crippen LogP contribution in [0.4, 0.5) is 18.9 Å². The maximum atomic E-state index is 12.8. The quantitative estimate of drug-likeness (QED) is 0.108. The fraction of sp³-hybridized carbons (Fsp3) is 0.265. The summed E-state index contributed by atoms with van der Waals surface area (Å²) in [6.45, 7) is 6.23. The van der Waals surface area contributed by atoms with Crippen LogP contribution >= 0.6 is 24.0 Å². The zero-order valence-electron chi connectivity index (χ0n) is 25.3. The summed E-state index contributed by atoms with van der Waals surface area (Å²) >= 11 is 6.97. The van der Waals surface area contributed by atoms with E-state index in [2.05, 4.69) is 57.6 Å². The van der Waals surface area contributed by atoms with Gasteiger partial charge < -0.3 is 4.74 Å². The highest BCUT2D eigenvalue weighted by Crippen LogP contribution is 2.34. The topological polar surface area (TPSA) is 72.6 Å². The number of unbranched alkanes of at least 4 members (excludes halogenated alkanes) is 1. The molecule has 0 bridgehead atoms. The van der Waals surface area contributed by atoms with E-state index in [9.17, 15) is 18.0 Å². The van der Waals surface area contributed by atoms with Crippen molar-refractivity contribution in [2.75, 3.05) is 10.7 Å². The number of amides is 1. The average Bonchev–Trinajstić information content (AvgIpc) is 3.63. The van der Waals surface area contributed by atoms with Gasteiger partial charge in [-0.05, 0) is 72.9 Å². The summed E-state index contributed by atoms with van der Waals surface area (Å²) in [6.07, 6.45) is -1.35. The van der Waals surface area contributed by atoms with Crippen LogP contribution in [0.1, 0.15) is 55.7 Å². The second-order valence-electron chi connectivity index (χ2n) is 10.8. The Labute approximate surface area is 274 Å². The van der Waals surface area contributed by atoms with Crippen LogP contribution in [0.15, 0.2) is 78.0 Å². The first-order valence-corrected chi connectivity index (χ1v) is 15.9. The fourth-order valence-electron chi connectivity index (χ4n) is 4.73. The first-order valence-electron chi connectivity index (χ1n) is 14.5. The van der Waals surface area contributed by atoms with Gasteiger partial charge in [0.2, 0.25) is 5.91 Å². The molecule has 5 rings (SSSR count). The first kappa shape index (κ1) is 32.9. The van der Waals surface area contributed by atoms with Crippen molar-refractivity contribution in [3.8, 4) is 34.7 Å². The van der Waals surface area contributed by atoms with Gasteiger partial charge in [-0.1, -0.05) is 73.9 Å². The summed E-state index contributed by atoms with van der Waals surface area (Å²) in [5.41, 5.74) is 5.12.